The van der Waals surface area contributed by atoms with Gasteiger partial charge in [-0.25, -0.2) is 4.79 Å². The highest BCUT2D eigenvalue weighted by Gasteiger charge is 2.20. The van der Waals surface area contributed by atoms with E-state index >= 15 is 0 Å². The van der Waals surface area contributed by atoms with Gasteiger partial charge in [-0.15, -0.1) is 0 Å². The minimum Gasteiger partial charge on any atom is -0.478 e. The molecule has 0 rings (SSSR count). The van der Waals surface area contributed by atoms with Crippen LogP contribution in [0.25, 0.3) is 0 Å². The number of amides is 2. The second-order valence-corrected chi connectivity index (χ2v) is 7.38. The van der Waals surface area contributed by atoms with E-state index in [1.807, 2.05) is 40.7 Å². The van der Waals surface area contributed by atoms with Crippen molar-refractivity contribution in [1.82, 2.24) is 10.6 Å². The molecular weight excluding hydrogens is 422 g/mol. The maximum absolute atomic E-state index is 12.1. The average molecular weight is 470 g/mol. The summed E-state index contributed by atoms with van der Waals surface area (Å²) in [6, 6.07) is -0.629. The fraction of sp³-hybridized carbons (Fsp3) is 0.667. The molecule has 0 aliphatic rings. The number of nitrogens with zero attached hydrogens (tertiary/aromatic N) is 1. The Morgan fingerprint density at radius 3 is 2.09 bits per heavy atom. The lowest BCUT2D eigenvalue weighted by molar-refractivity contribution is -0.131. The Hall–Kier alpha value is -2.84. The van der Waals surface area contributed by atoms with Gasteiger partial charge in [0.1, 0.15) is 6.04 Å². The standard InChI is InChI=1S/C18H30N2O4.C4H11N3.C2H6/c1-4-5-6-7-8-10-16(21)20-15(13-14(2)3)18(24)19-12-9-11-17(22)23;1-2-3-7-4(5)6;1-2/h8-11,14-15H,4-7,12-13H2,1-3H3,(H,19,24)(H,20,21)(H,22,23);2-3H2,1H3,(H4,5,6,7);1-2H3/b10-8+,11-9+;;/t15-;;/m0../s1. The third-order valence-corrected chi connectivity index (χ3v) is 3.76. The fourth-order valence-corrected chi connectivity index (χ4v) is 2.31. The number of aliphatic carboxylic acids is 1. The average Bonchev–Trinajstić information content (AvgIpc) is 2.76. The molecule has 1 atom stereocenters. The normalized spacial score (nSPS) is 11.1. The van der Waals surface area contributed by atoms with Crippen LogP contribution in [0, 0.1) is 5.92 Å². The first-order valence-corrected chi connectivity index (χ1v) is 11.8. The zero-order valence-electron chi connectivity index (χ0n) is 21.4. The lowest BCUT2D eigenvalue weighted by Crippen LogP contribution is -2.47. The number of nitrogens with two attached hydrogens (primary N) is 2. The molecule has 2 amide bonds. The van der Waals surface area contributed by atoms with Crippen molar-refractivity contribution in [3.8, 4) is 0 Å². The summed E-state index contributed by atoms with van der Waals surface area (Å²) < 4.78 is 0. The van der Waals surface area contributed by atoms with Crippen LogP contribution in [0.4, 0.5) is 0 Å². The van der Waals surface area contributed by atoms with Gasteiger partial charge in [0.25, 0.3) is 0 Å². The van der Waals surface area contributed by atoms with Crippen molar-refractivity contribution in [1.29, 1.82) is 0 Å². The van der Waals surface area contributed by atoms with E-state index < -0.39 is 12.0 Å². The summed E-state index contributed by atoms with van der Waals surface area (Å²) in [4.78, 5) is 38.2. The molecule has 9 nitrogen and oxygen atoms in total. The van der Waals surface area contributed by atoms with Gasteiger partial charge < -0.3 is 27.2 Å². The largest absolute Gasteiger partial charge is 0.478 e. The van der Waals surface area contributed by atoms with Crippen molar-refractivity contribution in [3.05, 3.63) is 24.3 Å². The van der Waals surface area contributed by atoms with Gasteiger partial charge in [0, 0.05) is 19.2 Å². The molecule has 0 aromatic rings. The number of aliphatic imine (C=N–C) groups is 1. The highest BCUT2D eigenvalue weighted by Crippen LogP contribution is 2.05. The second kappa shape index (κ2) is 25.4. The Morgan fingerprint density at radius 1 is 1.00 bits per heavy atom. The summed E-state index contributed by atoms with van der Waals surface area (Å²) in [5.74, 6) is -1.24. The number of hydrogen-bond acceptors (Lipinski definition) is 4. The predicted octanol–water partition coefficient (Wildman–Crippen LogP) is 3.11. The van der Waals surface area contributed by atoms with Gasteiger partial charge in [0.15, 0.2) is 5.96 Å². The maximum Gasteiger partial charge on any atom is 0.328 e. The van der Waals surface area contributed by atoms with Crippen molar-refractivity contribution in [2.75, 3.05) is 13.1 Å². The number of hydrogen-bond donors (Lipinski definition) is 5. The predicted molar refractivity (Wildman–Crippen MR) is 137 cm³/mol. The third-order valence-electron chi connectivity index (χ3n) is 3.76. The van der Waals surface area contributed by atoms with Gasteiger partial charge in [-0.05, 0) is 37.7 Å². The molecule has 192 valence electrons. The fourth-order valence-electron chi connectivity index (χ4n) is 2.31. The third kappa shape index (κ3) is 29.2. The van der Waals surface area contributed by atoms with Crippen molar-refractivity contribution < 1.29 is 19.5 Å². The number of carboxylic acid groups (broad SMARTS) is 1. The molecule has 0 fully saturated rings. The zero-order valence-corrected chi connectivity index (χ0v) is 21.4. The number of guanidine groups is 1. The Labute approximate surface area is 200 Å². The molecule has 33 heavy (non-hydrogen) atoms. The second-order valence-electron chi connectivity index (χ2n) is 7.38. The summed E-state index contributed by atoms with van der Waals surface area (Å²) in [6.07, 6.45) is 11.3. The molecule has 0 aliphatic carbocycles. The monoisotopic (exact) mass is 469 g/mol. The van der Waals surface area contributed by atoms with Gasteiger partial charge in [0.05, 0.1) is 0 Å². The smallest absolute Gasteiger partial charge is 0.328 e. The topological polar surface area (TPSA) is 160 Å². The van der Waals surface area contributed by atoms with Crippen molar-refractivity contribution in [3.63, 3.8) is 0 Å². The Morgan fingerprint density at radius 2 is 1.64 bits per heavy atom. The van der Waals surface area contributed by atoms with E-state index in [-0.39, 0.29) is 30.2 Å². The van der Waals surface area contributed by atoms with E-state index in [0.29, 0.717) is 6.42 Å². The number of allylic oxidation sites excluding steroid dienone is 1. The van der Waals surface area contributed by atoms with E-state index in [9.17, 15) is 14.4 Å². The molecule has 0 saturated carbocycles. The first kappa shape index (κ1) is 34.8. The number of carbonyl (C=O) groups excluding carboxylic acids is 2. The van der Waals surface area contributed by atoms with Crippen LogP contribution in [0.1, 0.15) is 80.1 Å². The van der Waals surface area contributed by atoms with Gasteiger partial charge in [-0.3, -0.25) is 14.6 Å². The van der Waals surface area contributed by atoms with Crippen LogP contribution in [0.3, 0.4) is 0 Å². The quantitative estimate of drug-likeness (QED) is 0.114. The van der Waals surface area contributed by atoms with E-state index in [1.54, 1.807) is 0 Å². The molecule has 0 unspecified atom stereocenters. The van der Waals surface area contributed by atoms with Gasteiger partial charge >= 0.3 is 5.97 Å². The van der Waals surface area contributed by atoms with E-state index in [1.165, 1.54) is 12.2 Å². The van der Waals surface area contributed by atoms with E-state index in [2.05, 4.69) is 22.5 Å². The van der Waals surface area contributed by atoms with Crippen molar-refractivity contribution in [2.24, 2.45) is 22.4 Å². The van der Waals surface area contributed by atoms with Gasteiger partial charge in [0.2, 0.25) is 11.8 Å². The summed E-state index contributed by atoms with van der Waals surface area (Å²) in [5, 5.41) is 13.8. The van der Waals surface area contributed by atoms with Crippen LogP contribution in [0.15, 0.2) is 29.3 Å². The first-order valence-electron chi connectivity index (χ1n) is 11.8. The molecule has 0 spiro atoms. The lowest BCUT2D eigenvalue weighted by atomic mass is 10.0. The first-order chi connectivity index (χ1) is 15.6. The molecule has 9 heteroatoms. The van der Waals surface area contributed by atoms with Crippen LogP contribution < -0.4 is 22.1 Å². The highest BCUT2D eigenvalue weighted by molar-refractivity contribution is 5.93. The molecular formula is C24H47N5O4. The minimum absolute atomic E-state index is 0.114. The Kier molecular flexibility index (Phi) is 26.8. The van der Waals surface area contributed by atoms with Crippen LogP contribution in [0.5, 0.6) is 0 Å². The zero-order chi connectivity index (χ0) is 26.1. The number of rotatable bonds is 14. The Balaban J connectivity index is -0.000000846. The maximum atomic E-state index is 12.1. The van der Waals surface area contributed by atoms with E-state index in [0.717, 1.165) is 44.7 Å². The Bertz CT molecular complexity index is 598. The highest BCUT2D eigenvalue weighted by atomic mass is 16.4. The molecule has 7 N–H and O–H groups in total. The SMILES string of the molecule is CC.CCCCC/C=C/C(=O)N[C@@H](CC(C)C)C(=O)NC/C=C/C(=O)O.CCCN=C(N)N. The minimum atomic E-state index is -1.07. The van der Waals surface area contributed by atoms with E-state index in [4.69, 9.17) is 16.6 Å². The number of carboxylic acids is 1. The van der Waals surface area contributed by atoms with Gasteiger partial charge in [-0.2, -0.15) is 0 Å². The van der Waals surface area contributed by atoms with Crippen molar-refractivity contribution >= 4 is 23.7 Å². The molecule has 0 saturated heterocycles. The summed E-state index contributed by atoms with van der Waals surface area (Å²) in [7, 11) is 0. The van der Waals surface area contributed by atoms with Crippen LogP contribution in [-0.2, 0) is 14.4 Å². The molecule has 0 aliphatic heterocycles. The number of carbonyl (C=O) groups is 3. The molecule has 0 aromatic heterocycles. The van der Waals surface area contributed by atoms with Crippen LogP contribution in [-0.4, -0.2) is 48.0 Å². The summed E-state index contributed by atoms with van der Waals surface area (Å²) in [6.45, 7) is 12.9. The van der Waals surface area contributed by atoms with Crippen LogP contribution in [0.2, 0.25) is 0 Å². The van der Waals surface area contributed by atoms with Crippen LogP contribution >= 0.6 is 0 Å². The van der Waals surface area contributed by atoms with Crippen molar-refractivity contribution in [2.45, 2.75) is 86.1 Å². The number of nitrogens with one attached hydrogen (secondary N) is 2. The summed E-state index contributed by atoms with van der Waals surface area (Å²) in [5.41, 5.74) is 10.0. The molecule has 0 aromatic carbocycles. The number of unbranched alkanes of at least 4 members (excludes halogenated alkanes) is 3. The van der Waals surface area contributed by atoms with Gasteiger partial charge in [-0.1, -0.05) is 66.5 Å². The molecule has 0 bridgehead atoms. The summed E-state index contributed by atoms with van der Waals surface area (Å²) >= 11 is 0. The molecule has 0 heterocycles. The lowest BCUT2D eigenvalue weighted by Gasteiger charge is -2.19. The molecule has 0 radical (unpaired) electrons.